The third-order valence-electron chi connectivity index (χ3n) is 3.56. The molecule has 1 aromatic heterocycles. The van der Waals surface area contributed by atoms with Crippen LogP contribution in [0.15, 0.2) is 48.5 Å². The van der Waals surface area contributed by atoms with Crippen molar-refractivity contribution in [3.8, 4) is 6.07 Å². The lowest BCUT2D eigenvalue weighted by molar-refractivity contribution is 0.840. The fraction of sp³-hybridized carbons (Fsp3) is 0.250. The predicted molar refractivity (Wildman–Crippen MR) is 74.7 cm³/mol. The van der Waals surface area contributed by atoms with Crippen molar-refractivity contribution in [3.63, 3.8) is 0 Å². The van der Waals surface area contributed by atoms with Gasteiger partial charge in [-0.2, -0.15) is 5.26 Å². The summed E-state index contributed by atoms with van der Waals surface area (Å²) in [5.41, 5.74) is 1.88. The fourth-order valence-electron chi connectivity index (χ4n) is 2.41. The molecule has 1 aliphatic carbocycles. The van der Waals surface area contributed by atoms with Gasteiger partial charge in [0.15, 0.2) is 0 Å². The lowest BCUT2D eigenvalue weighted by Gasteiger charge is -2.05. The van der Waals surface area contributed by atoms with Gasteiger partial charge in [0.25, 0.3) is 0 Å². The second-order valence-corrected chi connectivity index (χ2v) is 4.91. The lowest BCUT2D eigenvalue weighted by atomic mass is 10.1. The molecule has 2 unspecified atom stereocenters. The summed E-state index contributed by atoms with van der Waals surface area (Å²) >= 11 is 0. The molecule has 2 aromatic rings. The summed E-state index contributed by atoms with van der Waals surface area (Å²) in [6.45, 7) is 0.918. The van der Waals surface area contributed by atoms with E-state index in [9.17, 15) is 0 Å². The number of pyridine rings is 1. The summed E-state index contributed by atoms with van der Waals surface area (Å²) in [7, 11) is 0. The monoisotopic (exact) mass is 249 g/mol. The minimum Gasteiger partial charge on any atom is -0.370 e. The van der Waals surface area contributed by atoms with Crippen molar-refractivity contribution in [1.82, 2.24) is 4.98 Å². The van der Waals surface area contributed by atoms with E-state index in [1.165, 1.54) is 12.0 Å². The minimum atomic E-state index is 0.459. The number of nitrogens with zero attached hydrogens (tertiary/aromatic N) is 2. The first-order valence-corrected chi connectivity index (χ1v) is 6.53. The Morgan fingerprint density at radius 3 is 2.79 bits per heavy atom. The van der Waals surface area contributed by atoms with Crippen molar-refractivity contribution < 1.29 is 0 Å². The Balaban J connectivity index is 1.56. The van der Waals surface area contributed by atoms with Crippen LogP contribution in [0.4, 0.5) is 5.82 Å². The molecule has 0 saturated heterocycles. The van der Waals surface area contributed by atoms with E-state index in [0.717, 1.165) is 12.4 Å². The summed E-state index contributed by atoms with van der Waals surface area (Å²) in [5, 5.41) is 12.1. The van der Waals surface area contributed by atoms with Crippen LogP contribution in [0.5, 0.6) is 0 Å². The second kappa shape index (κ2) is 5.11. The Morgan fingerprint density at radius 1 is 1.16 bits per heavy atom. The molecule has 1 aliphatic rings. The Morgan fingerprint density at radius 2 is 2.00 bits per heavy atom. The Kier molecular flexibility index (Phi) is 3.16. The zero-order chi connectivity index (χ0) is 13.1. The van der Waals surface area contributed by atoms with Crippen LogP contribution < -0.4 is 5.32 Å². The van der Waals surface area contributed by atoms with Crippen LogP contribution in [0.2, 0.25) is 0 Å². The van der Waals surface area contributed by atoms with Crippen molar-refractivity contribution in [1.29, 1.82) is 5.26 Å². The third-order valence-corrected chi connectivity index (χ3v) is 3.56. The quantitative estimate of drug-likeness (QED) is 0.905. The molecule has 3 heteroatoms. The Labute approximate surface area is 112 Å². The average molecular weight is 249 g/mol. The summed E-state index contributed by atoms with van der Waals surface area (Å²) in [4.78, 5) is 4.22. The molecule has 1 saturated carbocycles. The van der Waals surface area contributed by atoms with Crippen molar-refractivity contribution in [2.75, 3.05) is 11.9 Å². The Bertz CT molecular complexity index is 601. The highest BCUT2D eigenvalue weighted by atomic mass is 15.0. The topological polar surface area (TPSA) is 48.7 Å². The molecule has 0 amide bonds. The van der Waals surface area contributed by atoms with Crippen LogP contribution in [0, 0.1) is 17.2 Å². The van der Waals surface area contributed by atoms with Crippen LogP contribution in [0.25, 0.3) is 0 Å². The van der Waals surface area contributed by atoms with Crippen molar-refractivity contribution in [2.45, 2.75) is 12.3 Å². The van der Waals surface area contributed by atoms with E-state index in [0.29, 0.717) is 17.5 Å². The average Bonchev–Trinajstić information content (AvgIpc) is 3.26. The van der Waals surface area contributed by atoms with E-state index in [1.54, 1.807) is 6.07 Å². The van der Waals surface area contributed by atoms with E-state index in [4.69, 9.17) is 5.26 Å². The molecule has 1 N–H and O–H groups in total. The highest BCUT2D eigenvalue weighted by Crippen LogP contribution is 2.47. The molecule has 1 fully saturated rings. The number of nitrogens with one attached hydrogen (secondary N) is 1. The highest BCUT2D eigenvalue weighted by Gasteiger charge is 2.37. The van der Waals surface area contributed by atoms with Gasteiger partial charge in [0, 0.05) is 6.54 Å². The Hall–Kier alpha value is -2.34. The van der Waals surface area contributed by atoms with Gasteiger partial charge in [-0.25, -0.2) is 4.98 Å². The van der Waals surface area contributed by atoms with Crippen LogP contribution in [-0.4, -0.2) is 11.5 Å². The molecular weight excluding hydrogens is 234 g/mol. The molecular formula is C16H15N3. The van der Waals surface area contributed by atoms with E-state index in [1.807, 2.05) is 12.1 Å². The molecule has 0 spiro atoms. The first-order chi connectivity index (χ1) is 9.36. The van der Waals surface area contributed by atoms with Crippen LogP contribution in [-0.2, 0) is 0 Å². The van der Waals surface area contributed by atoms with Gasteiger partial charge in [-0.3, -0.25) is 0 Å². The SMILES string of the molecule is N#Cc1cccc(NCC2CC2c2ccccc2)n1. The van der Waals surface area contributed by atoms with Gasteiger partial charge >= 0.3 is 0 Å². The molecule has 2 atom stereocenters. The molecule has 1 aromatic carbocycles. The summed E-state index contributed by atoms with van der Waals surface area (Å²) in [6.07, 6.45) is 1.23. The number of anilines is 1. The maximum atomic E-state index is 8.80. The normalized spacial score (nSPS) is 20.6. The first-order valence-electron chi connectivity index (χ1n) is 6.53. The number of nitriles is 1. The van der Waals surface area contributed by atoms with Crippen LogP contribution in [0.3, 0.4) is 0 Å². The van der Waals surface area contributed by atoms with Gasteiger partial charge in [0.1, 0.15) is 17.6 Å². The molecule has 0 aliphatic heterocycles. The molecule has 0 bridgehead atoms. The van der Waals surface area contributed by atoms with Crippen molar-refractivity contribution in [2.24, 2.45) is 5.92 Å². The predicted octanol–water partition coefficient (Wildman–Crippen LogP) is 3.17. The van der Waals surface area contributed by atoms with Gasteiger partial charge in [-0.05, 0) is 36.0 Å². The summed E-state index contributed by atoms with van der Waals surface area (Å²) < 4.78 is 0. The second-order valence-electron chi connectivity index (χ2n) is 4.91. The van der Waals surface area contributed by atoms with E-state index in [-0.39, 0.29) is 0 Å². The molecule has 0 radical (unpaired) electrons. The smallest absolute Gasteiger partial charge is 0.142 e. The maximum Gasteiger partial charge on any atom is 0.142 e. The van der Waals surface area contributed by atoms with Crippen LogP contribution >= 0.6 is 0 Å². The summed E-state index contributed by atoms with van der Waals surface area (Å²) in [5.74, 6) is 2.14. The van der Waals surface area contributed by atoms with Gasteiger partial charge < -0.3 is 5.32 Å². The van der Waals surface area contributed by atoms with Gasteiger partial charge in [-0.15, -0.1) is 0 Å². The van der Waals surface area contributed by atoms with E-state index in [2.05, 4.69) is 46.7 Å². The molecule has 94 valence electrons. The maximum absolute atomic E-state index is 8.80. The standard InChI is InChI=1S/C16H15N3/c17-10-14-7-4-8-16(19-14)18-11-13-9-15(13)12-5-2-1-3-6-12/h1-8,13,15H,9,11H2,(H,18,19). The van der Waals surface area contributed by atoms with E-state index >= 15 is 0 Å². The van der Waals surface area contributed by atoms with Crippen molar-refractivity contribution in [3.05, 3.63) is 59.8 Å². The molecule has 3 rings (SSSR count). The minimum absolute atomic E-state index is 0.459. The number of rotatable bonds is 4. The third kappa shape index (κ3) is 2.74. The van der Waals surface area contributed by atoms with Gasteiger partial charge in [-0.1, -0.05) is 36.4 Å². The zero-order valence-electron chi connectivity index (χ0n) is 10.6. The number of aromatic nitrogens is 1. The van der Waals surface area contributed by atoms with E-state index < -0.39 is 0 Å². The lowest BCUT2D eigenvalue weighted by Crippen LogP contribution is -2.06. The summed E-state index contributed by atoms with van der Waals surface area (Å²) in [6, 6.07) is 18.2. The molecule has 3 nitrogen and oxygen atoms in total. The molecule has 19 heavy (non-hydrogen) atoms. The largest absolute Gasteiger partial charge is 0.370 e. The number of hydrogen-bond acceptors (Lipinski definition) is 3. The number of benzene rings is 1. The van der Waals surface area contributed by atoms with Gasteiger partial charge in [0.05, 0.1) is 0 Å². The fourth-order valence-corrected chi connectivity index (χ4v) is 2.41. The van der Waals surface area contributed by atoms with Gasteiger partial charge in [0.2, 0.25) is 0 Å². The van der Waals surface area contributed by atoms with Crippen LogP contribution in [0.1, 0.15) is 23.6 Å². The molecule has 1 heterocycles. The zero-order valence-corrected chi connectivity index (χ0v) is 10.6. The highest BCUT2D eigenvalue weighted by molar-refractivity contribution is 5.39. The van der Waals surface area contributed by atoms with Crippen molar-refractivity contribution >= 4 is 5.82 Å². The first kappa shape index (κ1) is 11.7. The number of hydrogen-bond donors (Lipinski definition) is 1.